The lowest BCUT2D eigenvalue weighted by Crippen LogP contribution is -1.96. The molecule has 16 heavy (non-hydrogen) atoms. The van der Waals surface area contributed by atoms with E-state index in [9.17, 15) is 4.91 Å². The van der Waals surface area contributed by atoms with E-state index in [2.05, 4.69) is 17.2 Å². The Morgan fingerprint density at radius 3 is 2.81 bits per heavy atom. The summed E-state index contributed by atoms with van der Waals surface area (Å²) in [6.45, 7) is 4.03. The second-order valence-corrected chi connectivity index (χ2v) is 4.36. The summed E-state index contributed by atoms with van der Waals surface area (Å²) in [7, 11) is 0. The number of rotatable bonds is 3. The van der Waals surface area contributed by atoms with Gasteiger partial charge in [0.25, 0.3) is 0 Å². The molecule has 4 nitrogen and oxygen atoms in total. The Balaban J connectivity index is 2.90. The molecule has 2 aromatic heterocycles. The first-order valence-electron chi connectivity index (χ1n) is 5.11. The Bertz CT molecular complexity index is 548. The maximum absolute atomic E-state index is 10.9. The van der Waals surface area contributed by atoms with Gasteiger partial charge in [0.15, 0.2) is 5.69 Å². The van der Waals surface area contributed by atoms with Gasteiger partial charge < -0.3 is 0 Å². The molecule has 0 N–H and O–H groups in total. The van der Waals surface area contributed by atoms with Crippen LogP contribution in [0.15, 0.2) is 22.3 Å². The molecule has 0 spiro atoms. The Morgan fingerprint density at radius 1 is 1.50 bits per heavy atom. The monoisotopic (exact) mass is 235 g/mol. The van der Waals surface area contributed by atoms with Crippen molar-refractivity contribution in [2.24, 2.45) is 5.18 Å². The van der Waals surface area contributed by atoms with Crippen molar-refractivity contribution in [2.75, 3.05) is 6.26 Å². The van der Waals surface area contributed by atoms with E-state index < -0.39 is 0 Å². The first kappa shape index (κ1) is 11.1. The number of thioether (sulfide) groups is 1. The van der Waals surface area contributed by atoms with Crippen molar-refractivity contribution in [1.82, 2.24) is 9.61 Å². The zero-order valence-corrected chi connectivity index (χ0v) is 10.3. The average Bonchev–Trinajstić information content (AvgIpc) is 2.69. The molecule has 0 saturated heterocycles. The summed E-state index contributed by atoms with van der Waals surface area (Å²) >= 11 is 1.45. The molecule has 2 rings (SSSR count). The van der Waals surface area contributed by atoms with Crippen molar-refractivity contribution in [3.8, 4) is 0 Å². The van der Waals surface area contributed by atoms with Crippen LogP contribution in [-0.2, 0) is 6.42 Å². The molecule has 84 valence electrons. The molecule has 0 bridgehead atoms. The fourth-order valence-electron chi connectivity index (χ4n) is 1.81. The van der Waals surface area contributed by atoms with Gasteiger partial charge in [-0.2, -0.15) is 5.10 Å². The van der Waals surface area contributed by atoms with E-state index in [1.807, 2.05) is 25.3 Å². The highest BCUT2D eigenvalue weighted by Gasteiger charge is 2.16. The van der Waals surface area contributed by atoms with E-state index in [0.717, 1.165) is 23.2 Å². The third-order valence-corrected chi connectivity index (χ3v) is 3.32. The summed E-state index contributed by atoms with van der Waals surface area (Å²) in [5.41, 5.74) is 3.43. The van der Waals surface area contributed by atoms with Crippen molar-refractivity contribution in [3.05, 3.63) is 28.3 Å². The lowest BCUT2D eigenvalue weighted by molar-refractivity contribution is 0.860. The summed E-state index contributed by atoms with van der Waals surface area (Å²) in [6.07, 6.45) is 2.77. The van der Waals surface area contributed by atoms with Crippen LogP contribution in [0.25, 0.3) is 5.52 Å². The van der Waals surface area contributed by atoms with Gasteiger partial charge in [-0.3, -0.25) is 0 Å². The van der Waals surface area contributed by atoms with Crippen molar-refractivity contribution < 1.29 is 0 Å². The zero-order valence-electron chi connectivity index (χ0n) is 9.52. The molecule has 0 saturated carbocycles. The third kappa shape index (κ3) is 1.51. The second-order valence-electron chi connectivity index (χ2n) is 3.56. The molecule has 0 unspecified atom stereocenters. The van der Waals surface area contributed by atoms with Gasteiger partial charge in [0.05, 0.1) is 0 Å². The quantitative estimate of drug-likeness (QED) is 0.605. The average molecular weight is 235 g/mol. The predicted octanol–water partition coefficient (Wildman–Crippen LogP) is 3.32. The maximum atomic E-state index is 10.9. The van der Waals surface area contributed by atoms with Crippen molar-refractivity contribution in [1.29, 1.82) is 0 Å². The van der Waals surface area contributed by atoms with E-state index in [1.165, 1.54) is 11.8 Å². The number of hydrogen-bond donors (Lipinski definition) is 0. The van der Waals surface area contributed by atoms with Gasteiger partial charge in [-0.1, -0.05) is 13.0 Å². The SMILES string of the molecule is CCc1ccc(C)n2nc(SC)c(N=O)c12. The third-order valence-electron chi connectivity index (χ3n) is 2.66. The maximum Gasteiger partial charge on any atom is 0.167 e. The molecule has 0 atom stereocenters. The predicted molar refractivity (Wildman–Crippen MR) is 66.5 cm³/mol. The molecule has 0 aliphatic carbocycles. The Morgan fingerprint density at radius 2 is 2.25 bits per heavy atom. The van der Waals surface area contributed by atoms with Crippen LogP contribution in [0.5, 0.6) is 0 Å². The molecule has 0 aliphatic heterocycles. The van der Waals surface area contributed by atoms with E-state index >= 15 is 0 Å². The van der Waals surface area contributed by atoms with Gasteiger partial charge in [0, 0.05) is 5.69 Å². The Kier molecular flexibility index (Phi) is 2.96. The highest BCUT2D eigenvalue weighted by atomic mass is 32.2. The van der Waals surface area contributed by atoms with Crippen LogP contribution >= 0.6 is 11.8 Å². The minimum Gasteiger partial charge on any atom is -0.234 e. The number of pyridine rings is 1. The number of nitroso groups, excluding NO2 is 1. The summed E-state index contributed by atoms with van der Waals surface area (Å²) in [5, 5.41) is 8.21. The van der Waals surface area contributed by atoms with Gasteiger partial charge in [0.2, 0.25) is 0 Å². The van der Waals surface area contributed by atoms with Gasteiger partial charge in [-0.05, 0) is 36.4 Å². The fourth-order valence-corrected chi connectivity index (χ4v) is 2.30. The Labute approximate surface area is 98.0 Å². The van der Waals surface area contributed by atoms with Crippen LogP contribution in [0.1, 0.15) is 18.2 Å². The van der Waals surface area contributed by atoms with Crippen molar-refractivity contribution in [3.63, 3.8) is 0 Å². The van der Waals surface area contributed by atoms with Crippen molar-refractivity contribution in [2.45, 2.75) is 25.3 Å². The van der Waals surface area contributed by atoms with Crippen LogP contribution in [0.4, 0.5) is 5.69 Å². The fraction of sp³-hybridized carbons (Fsp3) is 0.364. The molecule has 0 aliphatic rings. The van der Waals surface area contributed by atoms with Crippen LogP contribution in [0, 0.1) is 11.8 Å². The first-order chi connectivity index (χ1) is 7.72. The summed E-state index contributed by atoms with van der Waals surface area (Å²) < 4.78 is 1.81. The number of hydrogen-bond acceptors (Lipinski definition) is 4. The highest BCUT2D eigenvalue weighted by molar-refractivity contribution is 7.98. The molecule has 0 amide bonds. The van der Waals surface area contributed by atoms with Crippen LogP contribution in [0.2, 0.25) is 0 Å². The lowest BCUT2D eigenvalue weighted by atomic mass is 10.1. The smallest absolute Gasteiger partial charge is 0.167 e. The van der Waals surface area contributed by atoms with Gasteiger partial charge in [-0.15, -0.1) is 16.7 Å². The topological polar surface area (TPSA) is 46.7 Å². The lowest BCUT2D eigenvalue weighted by Gasteiger charge is -2.03. The Hall–Kier alpha value is -1.36. The van der Waals surface area contributed by atoms with Crippen molar-refractivity contribution >= 4 is 23.0 Å². The van der Waals surface area contributed by atoms with Gasteiger partial charge in [0.1, 0.15) is 10.5 Å². The molecule has 2 heterocycles. The van der Waals surface area contributed by atoms with Crippen LogP contribution < -0.4 is 0 Å². The van der Waals surface area contributed by atoms with Gasteiger partial charge >= 0.3 is 0 Å². The number of nitrogens with zero attached hydrogens (tertiary/aromatic N) is 3. The molecular formula is C11H13N3OS. The molecule has 0 radical (unpaired) electrons. The van der Waals surface area contributed by atoms with E-state index in [-0.39, 0.29) is 0 Å². The molecule has 0 fully saturated rings. The molecule has 0 aromatic carbocycles. The molecule has 5 heteroatoms. The first-order valence-corrected chi connectivity index (χ1v) is 6.34. The normalized spacial score (nSPS) is 10.9. The van der Waals surface area contributed by atoms with Crippen LogP contribution in [-0.4, -0.2) is 15.9 Å². The summed E-state index contributed by atoms with van der Waals surface area (Å²) in [6, 6.07) is 4.04. The minimum absolute atomic E-state index is 0.466. The number of aromatic nitrogens is 2. The zero-order chi connectivity index (χ0) is 11.7. The largest absolute Gasteiger partial charge is 0.234 e. The molecular weight excluding hydrogens is 222 g/mol. The van der Waals surface area contributed by atoms with E-state index in [0.29, 0.717) is 10.7 Å². The second kappa shape index (κ2) is 4.25. The van der Waals surface area contributed by atoms with Gasteiger partial charge in [-0.25, -0.2) is 4.52 Å². The number of aryl methyl sites for hydroxylation is 2. The summed E-state index contributed by atoms with van der Waals surface area (Å²) in [5.74, 6) is 0. The van der Waals surface area contributed by atoms with E-state index in [4.69, 9.17) is 0 Å². The summed E-state index contributed by atoms with van der Waals surface area (Å²) in [4.78, 5) is 10.9. The van der Waals surface area contributed by atoms with Crippen LogP contribution in [0.3, 0.4) is 0 Å². The van der Waals surface area contributed by atoms with E-state index in [1.54, 1.807) is 4.52 Å². The number of fused-ring (bicyclic) bond motifs is 1. The minimum atomic E-state index is 0.466. The highest BCUT2D eigenvalue weighted by Crippen LogP contribution is 2.34. The standard InChI is InChI=1S/C11H13N3OS/c1-4-8-6-5-7(2)14-10(8)9(13-15)11(12-14)16-3/h5-6H,4H2,1-3H3. The molecule has 2 aromatic rings.